The molecule has 2 heterocycles. The van der Waals surface area contributed by atoms with Gasteiger partial charge < -0.3 is 5.11 Å². The third kappa shape index (κ3) is 1.28. The smallest absolute Gasteiger partial charge is 0.337 e. The first-order valence-electron chi connectivity index (χ1n) is 5.33. The molecule has 0 bridgehead atoms. The number of fused-ring (bicyclic) bond motifs is 1. The highest BCUT2D eigenvalue weighted by atomic mass is 16.4. The van der Waals surface area contributed by atoms with E-state index in [0.29, 0.717) is 11.6 Å². The second-order valence-electron chi connectivity index (χ2n) is 4.14. The molecule has 1 N–H and O–H groups in total. The lowest BCUT2D eigenvalue weighted by Crippen LogP contribution is -2.13. The van der Waals surface area contributed by atoms with Gasteiger partial charge in [0, 0.05) is 12.1 Å². The Hall–Kier alpha value is -1.91. The summed E-state index contributed by atoms with van der Waals surface area (Å²) in [5.41, 5.74) is 0.986. The molecule has 82 valence electrons. The van der Waals surface area contributed by atoms with Crippen LogP contribution in [0.1, 0.15) is 41.4 Å². The molecule has 0 radical (unpaired) electrons. The van der Waals surface area contributed by atoms with Crippen molar-refractivity contribution in [2.24, 2.45) is 0 Å². The Morgan fingerprint density at radius 2 is 2.19 bits per heavy atom. The fourth-order valence-corrected chi connectivity index (χ4v) is 1.98. The van der Waals surface area contributed by atoms with E-state index in [4.69, 9.17) is 5.11 Å². The summed E-state index contributed by atoms with van der Waals surface area (Å²) < 4.78 is 1.80. The van der Waals surface area contributed by atoms with Crippen LogP contribution < -0.4 is 0 Å². The molecule has 0 atom stereocenters. The minimum atomic E-state index is -0.921. The van der Waals surface area contributed by atoms with Crippen LogP contribution in [0.4, 0.5) is 0 Å². The number of carbonyl (C=O) groups is 1. The number of aromatic nitrogens is 3. The van der Waals surface area contributed by atoms with Crippen LogP contribution in [0, 0.1) is 0 Å². The molecule has 0 unspecified atom stereocenters. The van der Waals surface area contributed by atoms with Gasteiger partial charge in [-0.15, -0.1) is 10.2 Å². The third-order valence-electron chi connectivity index (χ3n) is 3.15. The molecule has 1 aliphatic rings. The Balaban J connectivity index is 2.15. The molecule has 0 spiro atoms. The molecule has 1 aliphatic carbocycles. The second kappa shape index (κ2) is 3.30. The van der Waals surface area contributed by atoms with Gasteiger partial charge in [-0.3, -0.25) is 4.40 Å². The zero-order valence-corrected chi connectivity index (χ0v) is 8.63. The summed E-state index contributed by atoms with van der Waals surface area (Å²) in [6.07, 6.45) is 5.07. The molecule has 5 nitrogen and oxygen atoms in total. The Morgan fingerprint density at radius 3 is 2.81 bits per heavy atom. The number of aromatic carboxylic acids is 1. The highest BCUT2D eigenvalue weighted by molar-refractivity contribution is 5.87. The number of hydrogen-bond acceptors (Lipinski definition) is 3. The largest absolute Gasteiger partial charge is 0.478 e. The molecular weight excluding hydrogens is 206 g/mol. The van der Waals surface area contributed by atoms with E-state index in [0.717, 1.165) is 18.7 Å². The van der Waals surface area contributed by atoms with Crippen LogP contribution in [0.5, 0.6) is 0 Å². The van der Waals surface area contributed by atoms with E-state index >= 15 is 0 Å². The monoisotopic (exact) mass is 217 g/mol. The minimum Gasteiger partial charge on any atom is -0.478 e. The van der Waals surface area contributed by atoms with E-state index in [1.165, 1.54) is 6.42 Å². The summed E-state index contributed by atoms with van der Waals surface area (Å²) >= 11 is 0. The van der Waals surface area contributed by atoms with E-state index < -0.39 is 5.97 Å². The summed E-state index contributed by atoms with van der Waals surface area (Å²) in [5.74, 6) is 0.415. The molecule has 0 aliphatic heterocycles. The van der Waals surface area contributed by atoms with Crippen LogP contribution in [0.2, 0.25) is 0 Å². The van der Waals surface area contributed by atoms with Gasteiger partial charge in [0.15, 0.2) is 5.65 Å². The van der Waals surface area contributed by atoms with Gasteiger partial charge in [-0.2, -0.15) is 0 Å². The van der Waals surface area contributed by atoms with Crippen LogP contribution >= 0.6 is 0 Å². The van der Waals surface area contributed by atoms with E-state index in [2.05, 4.69) is 10.2 Å². The summed E-state index contributed by atoms with van der Waals surface area (Å²) in [7, 11) is 0. The van der Waals surface area contributed by atoms with Crippen molar-refractivity contribution in [3.8, 4) is 0 Å². The number of rotatable bonds is 2. The maximum Gasteiger partial charge on any atom is 0.337 e. The van der Waals surface area contributed by atoms with Crippen LogP contribution in [0.3, 0.4) is 0 Å². The average molecular weight is 217 g/mol. The lowest BCUT2D eigenvalue weighted by Gasteiger charge is -2.23. The van der Waals surface area contributed by atoms with E-state index in [9.17, 15) is 4.79 Å². The van der Waals surface area contributed by atoms with Gasteiger partial charge in [-0.05, 0) is 25.0 Å². The van der Waals surface area contributed by atoms with Gasteiger partial charge in [0.1, 0.15) is 5.82 Å². The molecule has 0 saturated heterocycles. The highest BCUT2D eigenvalue weighted by Gasteiger charge is 2.24. The van der Waals surface area contributed by atoms with Gasteiger partial charge in [0.2, 0.25) is 0 Å². The molecular formula is C11H11N3O2. The molecule has 1 fully saturated rings. The zero-order chi connectivity index (χ0) is 11.1. The predicted octanol–water partition coefficient (Wildman–Crippen LogP) is 1.70. The molecule has 0 aromatic carbocycles. The topological polar surface area (TPSA) is 67.5 Å². The van der Waals surface area contributed by atoms with Gasteiger partial charge in [-0.25, -0.2) is 4.79 Å². The van der Waals surface area contributed by atoms with Crippen LogP contribution in [0.25, 0.3) is 5.65 Å². The maximum atomic E-state index is 10.9. The zero-order valence-electron chi connectivity index (χ0n) is 8.63. The number of carboxylic acid groups (broad SMARTS) is 1. The molecule has 16 heavy (non-hydrogen) atoms. The first-order valence-corrected chi connectivity index (χ1v) is 5.33. The van der Waals surface area contributed by atoms with Crippen molar-refractivity contribution in [2.75, 3.05) is 0 Å². The van der Waals surface area contributed by atoms with E-state index in [1.54, 1.807) is 22.7 Å². The van der Waals surface area contributed by atoms with Gasteiger partial charge in [0.25, 0.3) is 0 Å². The normalized spacial score (nSPS) is 16.2. The van der Waals surface area contributed by atoms with Crippen molar-refractivity contribution >= 4 is 11.6 Å². The van der Waals surface area contributed by atoms with Crippen molar-refractivity contribution in [2.45, 2.75) is 25.2 Å². The number of carboxylic acids is 1. The van der Waals surface area contributed by atoms with Crippen LogP contribution in [0.15, 0.2) is 18.3 Å². The summed E-state index contributed by atoms with van der Waals surface area (Å²) in [4.78, 5) is 10.9. The molecule has 2 aromatic rings. The molecule has 1 saturated carbocycles. The maximum absolute atomic E-state index is 10.9. The van der Waals surface area contributed by atoms with Crippen molar-refractivity contribution < 1.29 is 9.90 Å². The Bertz CT molecular complexity index is 557. The Kier molecular flexibility index (Phi) is 1.92. The Labute approximate surface area is 91.7 Å². The molecule has 0 amide bonds. The summed E-state index contributed by atoms with van der Waals surface area (Å²) in [5, 5.41) is 17.1. The quantitative estimate of drug-likeness (QED) is 0.831. The third-order valence-corrected chi connectivity index (χ3v) is 3.15. The van der Waals surface area contributed by atoms with Crippen molar-refractivity contribution in [3.63, 3.8) is 0 Å². The van der Waals surface area contributed by atoms with E-state index in [-0.39, 0.29) is 5.56 Å². The number of nitrogens with zero attached hydrogens (tertiary/aromatic N) is 3. The number of hydrogen-bond donors (Lipinski definition) is 1. The molecule has 2 aromatic heterocycles. The van der Waals surface area contributed by atoms with Gasteiger partial charge in [0.05, 0.1) is 5.56 Å². The standard InChI is InChI=1S/C11H11N3O2/c15-11(16)8-4-5-9-12-13-10(14(9)6-8)7-2-1-3-7/h4-7H,1-3H2,(H,15,16). The van der Waals surface area contributed by atoms with Crippen LogP contribution in [-0.2, 0) is 0 Å². The van der Waals surface area contributed by atoms with Crippen molar-refractivity contribution in [1.82, 2.24) is 14.6 Å². The lowest BCUT2D eigenvalue weighted by atomic mass is 9.85. The number of pyridine rings is 1. The van der Waals surface area contributed by atoms with Gasteiger partial charge >= 0.3 is 5.97 Å². The Morgan fingerprint density at radius 1 is 1.38 bits per heavy atom. The highest BCUT2D eigenvalue weighted by Crippen LogP contribution is 2.35. The SMILES string of the molecule is O=C(O)c1ccc2nnc(C3CCC3)n2c1. The van der Waals surface area contributed by atoms with Crippen molar-refractivity contribution in [1.29, 1.82) is 0 Å². The van der Waals surface area contributed by atoms with Crippen LogP contribution in [-0.4, -0.2) is 25.7 Å². The average Bonchev–Trinajstić information content (AvgIpc) is 2.59. The fourth-order valence-electron chi connectivity index (χ4n) is 1.98. The molecule has 5 heteroatoms. The predicted molar refractivity (Wildman–Crippen MR) is 56.5 cm³/mol. The summed E-state index contributed by atoms with van der Waals surface area (Å²) in [6, 6.07) is 3.25. The fraction of sp³-hybridized carbons (Fsp3) is 0.364. The van der Waals surface area contributed by atoms with Gasteiger partial charge in [-0.1, -0.05) is 6.42 Å². The first kappa shape index (κ1) is 9.33. The molecule has 3 rings (SSSR count). The van der Waals surface area contributed by atoms with E-state index in [1.807, 2.05) is 0 Å². The second-order valence-corrected chi connectivity index (χ2v) is 4.14. The first-order chi connectivity index (χ1) is 7.75. The lowest BCUT2D eigenvalue weighted by molar-refractivity contribution is 0.0696. The summed E-state index contributed by atoms with van der Waals surface area (Å²) in [6.45, 7) is 0. The minimum absolute atomic E-state index is 0.271. The van der Waals surface area contributed by atoms with Crippen molar-refractivity contribution in [3.05, 3.63) is 29.7 Å².